The van der Waals surface area contributed by atoms with Crippen molar-refractivity contribution in [1.82, 2.24) is 10.2 Å². The number of halogens is 2. The maximum Gasteiger partial charge on any atom is 0.338 e. The molecule has 0 fully saturated rings. The number of benzene rings is 2. The second-order valence-electron chi connectivity index (χ2n) is 7.99. The van der Waals surface area contributed by atoms with E-state index in [0.717, 1.165) is 0 Å². The first-order chi connectivity index (χ1) is 17.2. The van der Waals surface area contributed by atoms with Gasteiger partial charge >= 0.3 is 18.0 Å². The Balaban J connectivity index is 1.85. The summed E-state index contributed by atoms with van der Waals surface area (Å²) < 4.78 is 10.4. The number of methoxy groups -OCH3 is 1. The van der Waals surface area contributed by atoms with Gasteiger partial charge in [0.2, 0.25) is 0 Å². The van der Waals surface area contributed by atoms with Crippen molar-refractivity contribution >= 4 is 52.6 Å². The Kier molecular flexibility index (Phi) is 9.58. The lowest BCUT2D eigenvalue weighted by atomic mass is 9.94. The third kappa shape index (κ3) is 6.69. The molecule has 192 valence electrons. The van der Waals surface area contributed by atoms with Crippen LogP contribution in [0.5, 0.6) is 0 Å². The fraction of sp³-hybridized carbons (Fsp3) is 0.320. The zero-order valence-electron chi connectivity index (χ0n) is 20.2. The summed E-state index contributed by atoms with van der Waals surface area (Å²) in [6, 6.07) is 9.96. The van der Waals surface area contributed by atoms with E-state index in [0.29, 0.717) is 51.2 Å². The summed E-state index contributed by atoms with van der Waals surface area (Å²) >= 11 is 12.0. The Labute approximate surface area is 219 Å². The van der Waals surface area contributed by atoms with Crippen molar-refractivity contribution in [1.29, 1.82) is 0 Å². The summed E-state index contributed by atoms with van der Waals surface area (Å²) in [5, 5.41) is 9.04. The predicted octanol–water partition coefficient (Wildman–Crippen LogP) is 5.58. The molecule has 2 aromatic carbocycles. The van der Waals surface area contributed by atoms with Gasteiger partial charge in [0.15, 0.2) is 0 Å². The van der Waals surface area contributed by atoms with Crippen molar-refractivity contribution in [3.63, 3.8) is 0 Å². The number of carbonyl (C=O) groups excluding carboxylic acids is 3. The van der Waals surface area contributed by atoms with E-state index in [9.17, 15) is 14.4 Å². The largest absolute Gasteiger partial charge is 0.460 e. The van der Waals surface area contributed by atoms with Gasteiger partial charge in [-0.25, -0.2) is 14.4 Å². The lowest BCUT2D eigenvalue weighted by molar-refractivity contribution is -0.140. The summed E-state index contributed by atoms with van der Waals surface area (Å²) in [5.41, 5.74) is 2.27. The summed E-state index contributed by atoms with van der Waals surface area (Å²) in [5.74, 6) is -0.552. The van der Waals surface area contributed by atoms with Crippen LogP contribution in [0.4, 0.5) is 21.0 Å². The van der Waals surface area contributed by atoms with E-state index in [1.165, 1.54) is 18.1 Å². The van der Waals surface area contributed by atoms with Gasteiger partial charge in [0, 0.05) is 30.1 Å². The molecule has 3 rings (SSSR count). The van der Waals surface area contributed by atoms with Gasteiger partial charge < -0.3 is 25.4 Å². The van der Waals surface area contributed by atoms with Gasteiger partial charge in [-0.3, -0.25) is 4.90 Å². The maximum absolute atomic E-state index is 13.0. The van der Waals surface area contributed by atoms with Gasteiger partial charge in [-0.1, -0.05) is 42.3 Å². The van der Waals surface area contributed by atoms with Crippen molar-refractivity contribution in [2.75, 3.05) is 37.5 Å². The number of ether oxygens (including phenoxy) is 2. The SMILES string of the molecule is CCCN1C(=O)N[C@H](c2cccc(NC(=O)Nc3ccc(Cl)cc3Cl)c2)C(C(=O)OCCOC)=C1C. The standard InChI is InChI=1S/C25H28Cl2N4O5/c1-4-10-31-15(2)21(23(32)36-12-11-35-3)22(30-25(31)34)16-6-5-7-18(13-16)28-24(33)29-20-9-8-17(26)14-19(20)27/h5-9,13-14,22H,4,10-12H2,1-3H3,(H,30,34)(H2,28,29,33)/t22-/m1/s1. The summed E-state index contributed by atoms with van der Waals surface area (Å²) in [4.78, 5) is 39.9. The van der Waals surface area contributed by atoms with Gasteiger partial charge in [-0.15, -0.1) is 0 Å². The Morgan fingerprint density at radius 3 is 2.58 bits per heavy atom. The van der Waals surface area contributed by atoms with E-state index in [1.807, 2.05) is 6.92 Å². The fourth-order valence-electron chi connectivity index (χ4n) is 3.76. The monoisotopic (exact) mass is 534 g/mol. The van der Waals surface area contributed by atoms with Crippen LogP contribution in [0.1, 0.15) is 31.9 Å². The number of hydrogen-bond acceptors (Lipinski definition) is 5. The zero-order chi connectivity index (χ0) is 26.2. The average molecular weight is 535 g/mol. The Morgan fingerprint density at radius 2 is 1.89 bits per heavy atom. The van der Waals surface area contributed by atoms with Crippen molar-refractivity contribution in [3.05, 3.63) is 69.3 Å². The van der Waals surface area contributed by atoms with Crippen LogP contribution < -0.4 is 16.0 Å². The van der Waals surface area contributed by atoms with Gasteiger partial charge in [0.1, 0.15) is 6.61 Å². The van der Waals surface area contributed by atoms with Crippen molar-refractivity contribution in [2.45, 2.75) is 26.3 Å². The molecule has 36 heavy (non-hydrogen) atoms. The maximum atomic E-state index is 13.0. The molecule has 1 atom stereocenters. The van der Waals surface area contributed by atoms with Crippen LogP contribution in [-0.4, -0.2) is 49.8 Å². The molecule has 0 aliphatic carbocycles. The molecule has 0 radical (unpaired) electrons. The number of esters is 1. The van der Waals surface area contributed by atoms with Crippen LogP contribution in [0, 0.1) is 0 Å². The summed E-state index contributed by atoms with van der Waals surface area (Å²) in [6.45, 7) is 4.45. The molecule has 1 aliphatic heterocycles. The van der Waals surface area contributed by atoms with Crippen molar-refractivity contribution in [3.8, 4) is 0 Å². The number of anilines is 2. The average Bonchev–Trinajstić information content (AvgIpc) is 2.83. The number of carbonyl (C=O) groups is 3. The number of nitrogens with zero attached hydrogens (tertiary/aromatic N) is 1. The number of nitrogens with one attached hydrogen (secondary N) is 3. The number of hydrogen-bond donors (Lipinski definition) is 3. The molecule has 1 heterocycles. The third-order valence-corrected chi connectivity index (χ3v) is 5.99. The number of amides is 4. The highest BCUT2D eigenvalue weighted by atomic mass is 35.5. The molecule has 0 saturated heterocycles. The normalized spacial score (nSPS) is 15.4. The van der Waals surface area contributed by atoms with E-state index >= 15 is 0 Å². The smallest absolute Gasteiger partial charge is 0.338 e. The molecule has 1 aliphatic rings. The molecule has 0 bridgehead atoms. The fourth-order valence-corrected chi connectivity index (χ4v) is 4.21. The first-order valence-electron chi connectivity index (χ1n) is 11.3. The minimum atomic E-state index is -0.767. The van der Waals surface area contributed by atoms with Crippen molar-refractivity contribution < 1.29 is 23.9 Å². The quantitative estimate of drug-likeness (QED) is 0.287. The molecule has 0 saturated carbocycles. The zero-order valence-corrected chi connectivity index (χ0v) is 21.7. The van der Waals surface area contributed by atoms with Crippen LogP contribution in [0.25, 0.3) is 0 Å². The molecular formula is C25H28Cl2N4O5. The molecule has 0 spiro atoms. The molecular weight excluding hydrogens is 507 g/mol. The van der Waals surface area contributed by atoms with Crippen LogP contribution in [0.2, 0.25) is 10.0 Å². The van der Waals surface area contributed by atoms with E-state index in [1.54, 1.807) is 43.3 Å². The minimum absolute atomic E-state index is 0.0790. The number of urea groups is 2. The number of allylic oxidation sites excluding steroid dienone is 1. The van der Waals surface area contributed by atoms with Crippen LogP contribution in [-0.2, 0) is 14.3 Å². The molecule has 0 unspecified atom stereocenters. The Morgan fingerprint density at radius 1 is 1.11 bits per heavy atom. The van der Waals surface area contributed by atoms with E-state index < -0.39 is 18.0 Å². The first kappa shape index (κ1) is 27.3. The molecule has 2 aromatic rings. The molecule has 3 N–H and O–H groups in total. The number of rotatable bonds is 9. The third-order valence-electron chi connectivity index (χ3n) is 5.44. The van der Waals surface area contributed by atoms with Gasteiger partial charge in [0.25, 0.3) is 0 Å². The van der Waals surface area contributed by atoms with Gasteiger partial charge in [0.05, 0.1) is 28.9 Å². The van der Waals surface area contributed by atoms with Gasteiger partial charge in [-0.05, 0) is 49.2 Å². The van der Waals surface area contributed by atoms with E-state index in [4.69, 9.17) is 32.7 Å². The first-order valence-corrected chi connectivity index (χ1v) is 12.1. The minimum Gasteiger partial charge on any atom is -0.460 e. The molecule has 11 heteroatoms. The highest BCUT2D eigenvalue weighted by Crippen LogP contribution is 2.33. The van der Waals surface area contributed by atoms with E-state index in [-0.39, 0.29) is 19.2 Å². The summed E-state index contributed by atoms with van der Waals surface area (Å²) in [7, 11) is 1.51. The van der Waals surface area contributed by atoms with Crippen LogP contribution >= 0.6 is 23.2 Å². The highest BCUT2D eigenvalue weighted by Gasteiger charge is 2.36. The van der Waals surface area contributed by atoms with E-state index in [2.05, 4.69) is 16.0 Å². The topological polar surface area (TPSA) is 109 Å². The Bertz CT molecular complexity index is 1170. The lowest BCUT2D eigenvalue weighted by Gasteiger charge is -2.35. The van der Waals surface area contributed by atoms with Crippen LogP contribution in [0.15, 0.2) is 53.7 Å². The van der Waals surface area contributed by atoms with Crippen molar-refractivity contribution in [2.24, 2.45) is 0 Å². The molecule has 4 amide bonds. The van der Waals surface area contributed by atoms with Gasteiger partial charge in [-0.2, -0.15) is 0 Å². The van der Waals surface area contributed by atoms with Crippen LogP contribution in [0.3, 0.4) is 0 Å². The second kappa shape index (κ2) is 12.6. The Hall–Kier alpha value is -3.27. The lowest BCUT2D eigenvalue weighted by Crippen LogP contribution is -2.48. The molecule has 0 aromatic heterocycles. The second-order valence-corrected chi connectivity index (χ2v) is 8.83. The highest BCUT2D eigenvalue weighted by molar-refractivity contribution is 6.36. The predicted molar refractivity (Wildman–Crippen MR) is 139 cm³/mol. The summed E-state index contributed by atoms with van der Waals surface area (Å²) in [6.07, 6.45) is 0.716. The molecule has 9 nitrogen and oxygen atoms in total.